The van der Waals surface area contributed by atoms with Crippen molar-refractivity contribution in [3.05, 3.63) is 34.3 Å². The third kappa shape index (κ3) is 4.38. The quantitative estimate of drug-likeness (QED) is 0.900. The molecule has 1 aromatic rings. The van der Waals surface area contributed by atoms with Gasteiger partial charge in [-0.05, 0) is 24.1 Å². The topological polar surface area (TPSA) is 29.1 Å². The highest BCUT2D eigenvalue weighted by molar-refractivity contribution is 9.10. The van der Waals surface area contributed by atoms with Gasteiger partial charge < -0.3 is 5.32 Å². The largest absolute Gasteiger partial charge is 0.351 e. The predicted molar refractivity (Wildman–Crippen MR) is 56.9 cm³/mol. The van der Waals surface area contributed by atoms with E-state index in [0.29, 0.717) is 6.42 Å². The Hall–Kier alpha value is -0.970. The lowest BCUT2D eigenvalue weighted by molar-refractivity contribution is -0.131. The molecule has 0 spiro atoms. The summed E-state index contributed by atoms with van der Waals surface area (Å²) in [5, 5.41) is 2.15. The summed E-state index contributed by atoms with van der Waals surface area (Å²) < 4.78 is 24.5. The second-order valence-corrected chi connectivity index (χ2v) is 3.89. The number of rotatable bonds is 4. The van der Waals surface area contributed by atoms with Crippen LogP contribution < -0.4 is 5.32 Å². The first-order valence-corrected chi connectivity index (χ1v) is 5.19. The van der Waals surface area contributed by atoms with Crippen LogP contribution >= 0.6 is 15.9 Å². The molecule has 0 radical (unpaired) electrons. The van der Waals surface area contributed by atoms with Crippen LogP contribution in [0.3, 0.4) is 0 Å². The molecule has 1 amide bonds. The maximum Gasteiger partial charge on any atom is 0.315 e. The lowest BCUT2D eigenvalue weighted by Crippen LogP contribution is -2.31. The summed E-state index contributed by atoms with van der Waals surface area (Å²) in [5.41, 5.74) is 0.985. The van der Waals surface area contributed by atoms with Crippen LogP contribution in [0.4, 0.5) is 8.78 Å². The van der Waals surface area contributed by atoms with Gasteiger partial charge in [-0.1, -0.05) is 28.1 Å². The average Bonchev–Trinajstić information content (AvgIpc) is 2.17. The van der Waals surface area contributed by atoms with Gasteiger partial charge >= 0.3 is 6.43 Å². The van der Waals surface area contributed by atoms with Crippen LogP contribution in [-0.4, -0.2) is 18.9 Å². The predicted octanol–water partition coefficient (Wildman–Crippen LogP) is 2.37. The van der Waals surface area contributed by atoms with E-state index in [1.165, 1.54) is 0 Å². The summed E-state index contributed by atoms with van der Waals surface area (Å²) in [4.78, 5) is 10.5. The van der Waals surface area contributed by atoms with Gasteiger partial charge in [-0.15, -0.1) is 0 Å². The van der Waals surface area contributed by atoms with Crippen molar-refractivity contribution in [3.63, 3.8) is 0 Å². The molecule has 1 aromatic carbocycles. The van der Waals surface area contributed by atoms with Crippen LogP contribution in [-0.2, 0) is 11.2 Å². The van der Waals surface area contributed by atoms with Crippen LogP contribution in [0.5, 0.6) is 0 Å². The van der Waals surface area contributed by atoms with Crippen LogP contribution in [0.1, 0.15) is 5.56 Å². The third-order valence-corrected chi connectivity index (χ3v) is 2.29. The Kier molecular flexibility index (Phi) is 4.68. The van der Waals surface area contributed by atoms with Gasteiger partial charge in [0.2, 0.25) is 0 Å². The Morgan fingerprint density at radius 3 is 2.80 bits per heavy atom. The van der Waals surface area contributed by atoms with E-state index in [2.05, 4.69) is 21.2 Å². The van der Waals surface area contributed by atoms with Crippen molar-refractivity contribution < 1.29 is 13.6 Å². The first-order chi connectivity index (χ1) is 7.09. The molecule has 1 N–H and O–H groups in total. The Morgan fingerprint density at radius 2 is 2.20 bits per heavy atom. The molecule has 0 atom stereocenters. The molecule has 82 valence electrons. The lowest BCUT2D eigenvalue weighted by atomic mass is 10.1. The Bertz CT molecular complexity index is 344. The van der Waals surface area contributed by atoms with Crippen molar-refractivity contribution in [2.75, 3.05) is 6.54 Å². The second-order valence-electron chi connectivity index (χ2n) is 2.97. The number of nitrogens with one attached hydrogen (secondary N) is 1. The zero-order chi connectivity index (χ0) is 11.3. The second kappa shape index (κ2) is 5.80. The van der Waals surface area contributed by atoms with Crippen molar-refractivity contribution in [1.82, 2.24) is 5.32 Å². The Labute approximate surface area is 94.8 Å². The summed E-state index contributed by atoms with van der Waals surface area (Å²) in [7, 11) is 0. The number of alkyl halides is 2. The molecular formula is C10H10BrF2NO. The molecule has 15 heavy (non-hydrogen) atoms. The van der Waals surface area contributed by atoms with E-state index >= 15 is 0 Å². The summed E-state index contributed by atoms with van der Waals surface area (Å²) >= 11 is 3.30. The SMILES string of the molecule is O=C(NCCc1cccc(Br)c1)C(F)F. The van der Waals surface area contributed by atoms with Crippen LogP contribution in [0.15, 0.2) is 28.7 Å². The molecular weight excluding hydrogens is 268 g/mol. The van der Waals surface area contributed by atoms with Gasteiger partial charge in [0.1, 0.15) is 0 Å². The molecule has 0 aromatic heterocycles. The standard InChI is InChI=1S/C10H10BrF2NO/c11-8-3-1-2-7(6-8)4-5-14-10(15)9(12)13/h1-3,6,9H,4-5H2,(H,14,15). The van der Waals surface area contributed by atoms with Crippen molar-refractivity contribution >= 4 is 21.8 Å². The zero-order valence-corrected chi connectivity index (χ0v) is 9.43. The number of hydrogen-bond donors (Lipinski definition) is 1. The number of carbonyl (C=O) groups excluding carboxylic acids is 1. The highest BCUT2D eigenvalue weighted by atomic mass is 79.9. The number of halogens is 3. The average molecular weight is 278 g/mol. The summed E-state index contributed by atoms with van der Waals surface area (Å²) in [6, 6.07) is 7.49. The van der Waals surface area contributed by atoms with Crippen LogP contribution in [0.2, 0.25) is 0 Å². The van der Waals surface area contributed by atoms with E-state index in [0.717, 1.165) is 10.0 Å². The minimum atomic E-state index is -2.94. The normalized spacial score (nSPS) is 10.4. The summed E-state index contributed by atoms with van der Waals surface area (Å²) in [6.45, 7) is 0.222. The van der Waals surface area contributed by atoms with Crippen LogP contribution in [0.25, 0.3) is 0 Å². The van der Waals surface area contributed by atoms with Gasteiger partial charge in [-0.25, -0.2) is 0 Å². The molecule has 0 heterocycles. The monoisotopic (exact) mass is 277 g/mol. The van der Waals surface area contributed by atoms with E-state index in [9.17, 15) is 13.6 Å². The Morgan fingerprint density at radius 1 is 1.47 bits per heavy atom. The maximum absolute atomic E-state index is 11.8. The molecule has 0 saturated carbocycles. The van der Waals surface area contributed by atoms with Crippen LogP contribution in [0, 0.1) is 0 Å². The summed E-state index contributed by atoms with van der Waals surface area (Å²) in [6.07, 6.45) is -2.40. The molecule has 1 rings (SSSR count). The molecule has 5 heteroatoms. The molecule has 0 aliphatic carbocycles. The molecule has 0 aliphatic heterocycles. The first-order valence-electron chi connectivity index (χ1n) is 4.40. The van der Waals surface area contributed by atoms with Crippen molar-refractivity contribution in [2.24, 2.45) is 0 Å². The van der Waals surface area contributed by atoms with E-state index in [1.807, 2.05) is 24.3 Å². The van der Waals surface area contributed by atoms with Crippen molar-refractivity contribution in [1.29, 1.82) is 0 Å². The molecule has 0 saturated heterocycles. The molecule has 0 fully saturated rings. The van der Waals surface area contributed by atoms with Gasteiger partial charge in [-0.3, -0.25) is 4.79 Å². The fraction of sp³-hybridized carbons (Fsp3) is 0.300. The third-order valence-electron chi connectivity index (χ3n) is 1.80. The van der Waals surface area contributed by atoms with Gasteiger partial charge in [0.25, 0.3) is 5.91 Å². The first kappa shape index (κ1) is 12.1. The minimum absolute atomic E-state index is 0.222. The smallest absolute Gasteiger partial charge is 0.315 e. The van der Waals surface area contributed by atoms with Gasteiger partial charge in [0.05, 0.1) is 0 Å². The lowest BCUT2D eigenvalue weighted by Gasteiger charge is -2.04. The molecule has 0 aliphatic rings. The maximum atomic E-state index is 11.8. The van der Waals surface area contributed by atoms with Gasteiger partial charge in [0, 0.05) is 11.0 Å². The zero-order valence-electron chi connectivity index (χ0n) is 7.84. The van der Waals surface area contributed by atoms with E-state index in [1.54, 1.807) is 0 Å². The number of carbonyl (C=O) groups is 1. The van der Waals surface area contributed by atoms with E-state index < -0.39 is 12.3 Å². The highest BCUT2D eigenvalue weighted by Crippen LogP contribution is 2.11. The number of amides is 1. The fourth-order valence-electron chi connectivity index (χ4n) is 1.10. The minimum Gasteiger partial charge on any atom is -0.351 e. The highest BCUT2D eigenvalue weighted by Gasteiger charge is 2.13. The number of benzene rings is 1. The molecule has 0 bridgehead atoms. The Balaban J connectivity index is 2.35. The molecule has 2 nitrogen and oxygen atoms in total. The van der Waals surface area contributed by atoms with E-state index in [4.69, 9.17) is 0 Å². The van der Waals surface area contributed by atoms with Crippen molar-refractivity contribution in [2.45, 2.75) is 12.8 Å². The van der Waals surface area contributed by atoms with Gasteiger partial charge in [-0.2, -0.15) is 8.78 Å². The fourth-order valence-corrected chi connectivity index (χ4v) is 1.55. The molecule has 0 unspecified atom stereocenters. The number of hydrogen-bond acceptors (Lipinski definition) is 1. The summed E-state index contributed by atoms with van der Waals surface area (Å²) in [5.74, 6) is -1.22. The van der Waals surface area contributed by atoms with E-state index in [-0.39, 0.29) is 6.54 Å². The van der Waals surface area contributed by atoms with Crippen molar-refractivity contribution in [3.8, 4) is 0 Å². The van der Waals surface area contributed by atoms with Gasteiger partial charge in [0.15, 0.2) is 0 Å².